The fraction of sp³-hybridized carbons (Fsp3) is 0.452. The maximum absolute atomic E-state index is 13.3. The summed E-state index contributed by atoms with van der Waals surface area (Å²) in [5.74, 6) is 2.00. The quantitative estimate of drug-likeness (QED) is 0.389. The Balaban J connectivity index is 0.000000201. The van der Waals surface area contributed by atoms with Crippen molar-refractivity contribution in [3.05, 3.63) is 71.8 Å². The van der Waals surface area contributed by atoms with Gasteiger partial charge in [-0.1, -0.05) is 18.2 Å². The smallest absolute Gasteiger partial charge is 0.410 e. The van der Waals surface area contributed by atoms with Crippen LogP contribution in [0.5, 0.6) is 17.2 Å². The summed E-state index contributed by atoms with van der Waals surface area (Å²) in [7, 11) is 0. The van der Waals surface area contributed by atoms with Gasteiger partial charge in [0.05, 0.1) is 19.2 Å². The van der Waals surface area contributed by atoms with Gasteiger partial charge in [-0.05, 0) is 69.4 Å². The number of nitrogens with zero attached hydrogens (tertiary/aromatic N) is 2. The lowest BCUT2D eigenvalue weighted by Gasteiger charge is -2.34. The van der Waals surface area contributed by atoms with Crippen molar-refractivity contribution in [2.75, 3.05) is 33.0 Å². The van der Waals surface area contributed by atoms with E-state index in [4.69, 9.17) is 18.9 Å². The number of H-pyrrole nitrogens is 1. The van der Waals surface area contributed by atoms with Crippen LogP contribution in [0.4, 0.5) is 9.18 Å². The zero-order valence-electron chi connectivity index (χ0n) is 24.4. The predicted molar refractivity (Wildman–Crippen MR) is 154 cm³/mol. The van der Waals surface area contributed by atoms with Gasteiger partial charge in [0.25, 0.3) is 0 Å². The number of likely N-dealkylation sites (tertiary alicyclic amines) is 1. The van der Waals surface area contributed by atoms with Crippen LogP contribution in [0.3, 0.4) is 0 Å². The summed E-state index contributed by atoms with van der Waals surface area (Å²) < 4.78 is 35.3. The second kappa shape index (κ2) is 14.6. The minimum Gasteiger partial charge on any atom is -0.493 e. The number of ether oxygens (including phenoxy) is 4. The van der Waals surface area contributed by atoms with Crippen molar-refractivity contribution >= 4 is 12.0 Å². The number of hydrogen-bond donors (Lipinski definition) is 2. The van der Waals surface area contributed by atoms with Gasteiger partial charge in [0.15, 0.2) is 11.5 Å². The van der Waals surface area contributed by atoms with Crippen LogP contribution in [-0.2, 0) is 22.4 Å². The molecule has 0 saturated carbocycles. The molecule has 1 atom stereocenters. The minimum atomic E-state index is -0.465. The summed E-state index contributed by atoms with van der Waals surface area (Å²) in [6.45, 7) is 8.41. The van der Waals surface area contributed by atoms with E-state index in [9.17, 15) is 14.0 Å². The average Bonchev–Trinajstić information content (AvgIpc) is 3.65. The first kappa shape index (κ1) is 30.7. The number of rotatable bonds is 8. The first-order valence-corrected chi connectivity index (χ1v) is 14.1. The molecule has 1 unspecified atom stereocenters. The Hall–Kier alpha value is -4.28. The topological polar surface area (TPSA) is 115 Å². The standard InChI is InChI=1S/C18H25NO5.C13H14FN3O/c1-18(2,3)24-17(20)19-8-4-5-13(10-19)11-21-14-6-7-15-16(9-14)23-12-22-15;14-12-4-2-1-3-11(12)7-13(18)15-6-5-10-8-16-17-9-10/h6-7,9,13H,4-5,8,10-12H2,1-3H3;1-4,8-9H,5-7H2,(H,15,18)(H,16,17). The molecule has 2 aromatic carbocycles. The molecule has 226 valence electrons. The van der Waals surface area contributed by atoms with Gasteiger partial charge < -0.3 is 29.2 Å². The van der Waals surface area contributed by atoms with E-state index in [1.807, 2.05) is 39.0 Å². The van der Waals surface area contributed by atoms with Crippen LogP contribution in [0.25, 0.3) is 0 Å². The van der Waals surface area contributed by atoms with Crippen LogP contribution in [0.2, 0.25) is 0 Å². The zero-order valence-corrected chi connectivity index (χ0v) is 24.4. The molecule has 1 saturated heterocycles. The highest BCUT2D eigenvalue weighted by Gasteiger charge is 2.28. The van der Waals surface area contributed by atoms with Crippen LogP contribution in [0.15, 0.2) is 54.9 Å². The molecule has 3 aromatic rings. The van der Waals surface area contributed by atoms with Crippen LogP contribution in [0, 0.1) is 11.7 Å². The predicted octanol–water partition coefficient (Wildman–Crippen LogP) is 4.89. The Morgan fingerprint density at radius 2 is 1.98 bits per heavy atom. The van der Waals surface area contributed by atoms with E-state index in [1.54, 1.807) is 35.5 Å². The molecule has 0 radical (unpaired) electrons. The van der Waals surface area contributed by atoms with Crippen LogP contribution in [0.1, 0.15) is 44.7 Å². The Bertz CT molecular complexity index is 1310. The van der Waals surface area contributed by atoms with Gasteiger partial charge in [0.2, 0.25) is 12.7 Å². The highest BCUT2D eigenvalue weighted by Crippen LogP contribution is 2.35. The number of hydrogen-bond acceptors (Lipinski definition) is 7. The molecule has 1 aromatic heterocycles. The molecule has 0 spiro atoms. The van der Waals surface area contributed by atoms with E-state index in [2.05, 4.69) is 15.5 Å². The molecular formula is C31H39FN4O6. The van der Waals surface area contributed by atoms with Crippen molar-refractivity contribution in [1.29, 1.82) is 0 Å². The van der Waals surface area contributed by atoms with Crippen molar-refractivity contribution in [3.8, 4) is 17.2 Å². The van der Waals surface area contributed by atoms with E-state index in [0.717, 1.165) is 36.4 Å². The third kappa shape index (κ3) is 9.67. The van der Waals surface area contributed by atoms with Crippen LogP contribution in [-0.4, -0.2) is 65.7 Å². The number of carbonyl (C=O) groups excluding carboxylic acids is 2. The molecule has 5 rings (SSSR count). The van der Waals surface area contributed by atoms with Crippen LogP contribution < -0.4 is 19.5 Å². The van der Waals surface area contributed by atoms with Gasteiger partial charge in [-0.25, -0.2) is 9.18 Å². The molecule has 1 fully saturated rings. The van der Waals surface area contributed by atoms with Crippen molar-refractivity contribution in [2.45, 2.75) is 52.1 Å². The molecule has 42 heavy (non-hydrogen) atoms. The van der Waals surface area contributed by atoms with E-state index in [1.165, 1.54) is 6.07 Å². The van der Waals surface area contributed by atoms with E-state index >= 15 is 0 Å². The second-order valence-corrected chi connectivity index (χ2v) is 11.2. The highest BCUT2D eigenvalue weighted by atomic mass is 19.1. The van der Waals surface area contributed by atoms with Gasteiger partial charge in [-0.3, -0.25) is 9.89 Å². The zero-order chi connectivity index (χ0) is 30.0. The number of nitrogens with one attached hydrogen (secondary N) is 2. The van der Waals surface area contributed by atoms with Crippen molar-refractivity contribution in [3.63, 3.8) is 0 Å². The summed E-state index contributed by atoms with van der Waals surface area (Å²) in [4.78, 5) is 25.6. The summed E-state index contributed by atoms with van der Waals surface area (Å²) in [6, 6.07) is 11.9. The normalized spacial score (nSPS) is 15.8. The molecule has 2 aliphatic rings. The van der Waals surface area contributed by atoms with E-state index in [0.29, 0.717) is 43.3 Å². The number of benzene rings is 2. The number of halogens is 1. The molecular weight excluding hydrogens is 543 g/mol. The lowest BCUT2D eigenvalue weighted by atomic mass is 9.99. The average molecular weight is 583 g/mol. The summed E-state index contributed by atoms with van der Waals surface area (Å²) >= 11 is 0. The lowest BCUT2D eigenvalue weighted by Crippen LogP contribution is -2.44. The molecule has 11 heteroatoms. The third-order valence-corrected chi connectivity index (χ3v) is 6.60. The Morgan fingerprint density at radius 3 is 2.74 bits per heavy atom. The van der Waals surface area contributed by atoms with Crippen molar-refractivity contribution in [2.24, 2.45) is 5.92 Å². The third-order valence-electron chi connectivity index (χ3n) is 6.60. The fourth-order valence-corrected chi connectivity index (χ4v) is 4.51. The molecule has 2 amide bonds. The minimum absolute atomic E-state index is 0.0675. The molecule has 0 bridgehead atoms. The first-order chi connectivity index (χ1) is 20.2. The highest BCUT2D eigenvalue weighted by molar-refractivity contribution is 5.78. The maximum atomic E-state index is 13.3. The number of carbonyl (C=O) groups is 2. The van der Waals surface area contributed by atoms with Gasteiger partial charge in [-0.15, -0.1) is 0 Å². The van der Waals surface area contributed by atoms with Gasteiger partial charge in [0, 0.05) is 37.8 Å². The Labute approximate surface area is 245 Å². The van der Waals surface area contributed by atoms with E-state index < -0.39 is 5.60 Å². The van der Waals surface area contributed by atoms with E-state index in [-0.39, 0.29) is 31.0 Å². The van der Waals surface area contributed by atoms with Gasteiger partial charge >= 0.3 is 6.09 Å². The number of amides is 2. The monoisotopic (exact) mass is 582 g/mol. The Kier molecular flexibility index (Phi) is 10.6. The Morgan fingerprint density at radius 1 is 1.17 bits per heavy atom. The number of aromatic amines is 1. The molecule has 2 aliphatic heterocycles. The maximum Gasteiger partial charge on any atom is 0.410 e. The second-order valence-electron chi connectivity index (χ2n) is 11.2. The van der Waals surface area contributed by atoms with Gasteiger partial charge in [-0.2, -0.15) is 5.10 Å². The number of piperidine rings is 1. The summed E-state index contributed by atoms with van der Waals surface area (Å²) in [6.07, 6.45) is 6.04. The molecule has 2 N–H and O–H groups in total. The fourth-order valence-electron chi connectivity index (χ4n) is 4.51. The molecule has 0 aliphatic carbocycles. The lowest BCUT2D eigenvalue weighted by molar-refractivity contribution is -0.120. The molecule has 3 heterocycles. The number of aromatic nitrogens is 2. The number of fused-ring (bicyclic) bond motifs is 1. The van der Waals surface area contributed by atoms with Crippen LogP contribution >= 0.6 is 0 Å². The van der Waals surface area contributed by atoms with Gasteiger partial charge in [0.1, 0.15) is 17.2 Å². The SMILES string of the molecule is CC(C)(C)OC(=O)N1CCCC(COc2ccc3c(c2)OCO3)C1.O=C(Cc1ccccc1F)NCCc1cn[nH]c1. The molecule has 10 nitrogen and oxygen atoms in total. The summed E-state index contributed by atoms with van der Waals surface area (Å²) in [5.41, 5.74) is 0.979. The first-order valence-electron chi connectivity index (χ1n) is 14.1. The van der Waals surface area contributed by atoms with Crippen molar-refractivity contribution in [1.82, 2.24) is 20.4 Å². The summed E-state index contributed by atoms with van der Waals surface area (Å²) in [5, 5.41) is 9.26. The largest absolute Gasteiger partial charge is 0.493 e. The van der Waals surface area contributed by atoms with Crippen molar-refractivity contribution < 1.29 is 32.9 Å².